The summed E-state index contributed by atoms with van der Waals surface area (Å²) in [6.07, 6.45) is 5.04. The van der Waals surface area contributed by atoms with Crippen LogP contribution in [0.3, 0.4) is 0 Å². The van der Waals surface area contributed by atoms with Crippen molar-refractivity contribution < 1.29 is 9.47 Å². The van der Waals surface area contributed by atoms with Crippen LogP contribution in [0.25, 0.3) is 22.7 Å². The molecule has 0 N–H and O–H groups in total. The molecule has 0 radical (unpaired) electrons. The highest BCUT2D eigenvalue weighted by atomic mass is 79.9. The van der Waals surface area contributed by atoms with Gasteiger partial charge in [0.25, 0.3) is 0 Å². The second-order valence-corrected chi connectivity index (χ2v) is 8.14. The molecular weight excluding hydrogens is 476 g/mol. The van der Waals surface area contributed by atoms with Gasteiger partial charge >= 0.3 is 0 Å². The van der Waals surface area contributed by atoms with Crippen LogP contribution in [0.5, 0.6) is 5.75 Å². The predicted octanol–water partition coefficient (Wildman–Crippen LogP) is 2.20. The molecule has 0 bridgehead atoms. The Hall–Kier alpha value is -3.02. The van der Waals surface area contributed by atoms with Crippen LogP contribution in [0.4, 0.5) is 0 Å². The number of nitrogens with zero attached hydrogens (tertiary/aromatic N) is 8. The first-order valence-corrected chi connectivity index (χ1v) is 11.1. The lowest BCUT2D eigenvalue weighted by molar-refractivity contribution is 0.0322. The average Bonchev–Trinajstić information content (AvgIpc) is 3.22. The van der Waals surface area contributed by atoms with Crippen molar-refractivity contribution in [2.24, 2.45) is 0 Å². The molecule has 4 heterocycles. The minimum Gasteiger partial charge on any atom is -0.489 e. The van der Waals surface area contributed by atoms with Gasteiger partial charge in [0.15, 0.2) is 17.2 Å². The molecule has 1 aromatic carbocycles. The Morgan fingerprint density at radius 2 is 1.91 bits per heavy atom. The molecule has 1 saturated heterocycles. The molecule has 0 amide bonds. The van der Waals surface area contributed by atoms with Crippen LogP contribution in [-0.4, -0.2) is 79.3 Å². The molecule has 0 aliphatic carbocycles. The predicted molar refractivity (Wildman–Crippen MR) is 120 cm³/mol. The van der Waals surface area contributed by atoms with Gasteiger partial charge in [0, 0.05) is 25.2 Å². The van der Waals surface area contributed by atoms with E-state index in [-0.39, 0.29) is 0 Å². The molecule has 0 unspecified atom stereocenters. The number of fused-ring (bicyclic) bond motifs is 1. The van der Waals surface area contributed by atoms with Gasteiger partial charge in [-0.25, -0.2) is 24.6 Å². The Morgan fingerprint density at radius 1 is 1.06 bits per heavy atom. The molecule has 5 rings (SSSR count). The number of rotatable bonds is 7. The monoisotopic (exact) mass is 496 g/mol. The zero-order chi connectivity index (χ0) is 21.8. The van der Waals surface area contributed by atoms with Crippen LogP contribution in [0.1, 0.15) is 5.56 Å². The van der Waals surface area contributed by atoms with E-state index in [1.807, 2.05) is 24.3 Å². The van der Waals surface area contributed by atoms with Crippen LogP contribution >= 0.6 is 15.9 Å². The summed E-state index contributed by atoms with van der Waals surface area (Å²) in [4.78, 5) is 19.9. The van der Waals surface area contributed by atoms with Crippen LogP contribution in [0.2, 0.25) is 0 Å². The Morgan fingerprint density at radius 3 is 2.75 bits per heavy atom. The third kappa shape index (κ3) is 4.90. The quantitative estimate of drug-likeness (QED) is 0.380. The van der Waals surface area contributed by atoms with Crippen molar-refractivity contribution in [3.63, 3.8) is 0 Å². The molecular formula is C21H21BrN8O2. The minimum atomic E-state index is 0.511. The van der Waals surface area contributed by atoms with Gasteiger partial charge < -0.3 is 9.47 Å². The molecule has 3 aromatic heterocycles. The zero-order valence-electron chi connectivity index (χ0n) is 17.3. The van der Waals surface area contributed by atoms with E-state index in [2.05, 4.69) is 51.1 Å². The van der Waals surface area contributed by atoms with Crippen molar-refractivity contribution in [3.8, 4) is 17.1 Å². The fourth-order valence-corrected chi connectivity index (χ4v) is 3.75. The molecule has 4 aromatic rings. The Kier molecular flexibility index (Phi) is 6.28. The van der Waals surface area contributed by atoms with Gasteiger partial charge in [0.05, 0.1) is 38.3 Å². The highest BCUT2D eigenvalue weighted by molar-refractivity contribution is 9.10. The van der Waals surface area contributed by atoms with Crippen LogP contribution in [0.15, 0.2) is 47.5 Å². The summed E-state index contributed by atoms with van der Waals surface area (Å²) >= 11 is 3.34. The molecule has 0 spiro atoms. The average molecular weight is 497 g/mol. The largest absolute Gasteiger partial charge is 0.489 e. The van der Waals surface area contributed by atoms with Crippen molar-refractivity contribution in [3.05, 3.63) is 53.0 Å². The lowest BCUT2D eigenvalue weighted by Gasteiger charge is -2.26. The lowest BCUT2D eigenvalue weighted by atomic mass is 10.1. The highest BCUT2D eigenvalue weighted by Gasteiger charge is 2.11. The molecule has 1 aliphatic rings. The normalized spacial score (nSPS) is 14.7. The number of hydrogen-bond acceptors (Lipinski definition) is 9. The van der Waals surface area contributed by atoms with Gasteiger partial charge in [-0.2, -0.15) is 0 Å². The van der Waals surface area contributed by atoms with Gasteiger partial charge in [-0.15, -0.1) is 5.10 Å². The fraction of sp³-hybridized carbons (Fsp3) is 0.333. The summed E-state index contributed by atoms with van der Waals surface area (Å²) in [7, 11) is 0. The second-order valence-electron chi connectivity index (χ2n) is 7.33. The summed E-state index contributed by atoms with van der Waals surface area (Å²) < 4.78 is 13.5. The van der Waals surface area contributed by atoms with E-state index in [1.165, 1.54) is 0 Å². The molecule has 0 saturated carbocycles. The fourth-order valence-electron chi connectivity index (χ4n) is 3.48. The summed E-state index contributed by atoms with van der Waals surface area (Å²) in [5.74, 6) is 1.30. The van der Waals surface area contributed by atoms with Crippen LogP contribution < -0.4 is 4.74 Å². The highest BCUT2D eigenvalue weighted by Crippen LogP contribution is 2.19. The molecule has 164 valence electrons. The summed E-state index contributed by atoms with van der Waals surface area (Å²) in [5.41, 5.74) is 3.08. The molecule has 10 nitrogen and oxygen atoms in total. The molecule has 0 atom stereocenters. The topological polar surface area (TPSA) is 104 Å². The van der Waals surface area contributed by atoms with Gasteiger partial charge in [-0.1, -0.05) is 23.4 Å². The maximum atomic E-state index is 5.80. The van der Waals surface area contributed by atoms with E-state index in [1.54, 1.807) is 23.3 Å². The number of ether oxygens (including phenoxy) is 2. The van der Waals surface area contributed by atoms with Crippen LogP contribution in [0, 0.1) is 0 Å². The first-order valence-electron chi connectivity index (χ1n) is 10.3. The number of halogens is 1. The summed E-state index contributed by atoms with van der Waals surface area (Å²) in [6.45, 7) is 5.45. The summed E-state index contributed by atoms with van der Waals surface area (Å²) in [5, 5.41) is 8.24. The van der Waals surface area contributed by atoms with Gasteiger partial charge in [-0.3, -0.25) is 4.90 Å². The number of hydrogen-bond donors (Lipinski definition) is 0. The molecule has 32 heavy (non-hydrogen) atoms. The third-order valence-electron chi connectivity index (χ3n) is 5.12. The van der Waals surface area contributed by atoms with Gasteiger partial charge in [0.1, 0.15) is 11.2 Å². The van der Waals surface area contributed by atoms with E-state index in [0.717, 1.165) is 44.0 Å². The summed E-state index contributed by atoms with van der Waals surface area (Å²) in [6, 6.07) is 8.01. The van der Waals surface area contributed by atoms with Crippen LogP contribution in [-0.2, 0) is 11.3 Å². The minimum absolute atomic E-state index is 0.511. The van der Waals surface area contributed by atoms with E-state index >= 15 is 0 Å². The van der Waals surface area contributed by atoms with Crippen molar-refractivity contribution in [1.29, 1.82) is 0 Å². The zero-order valence-corrected chi connectivity index (χ0v) is 18.8. The maximum absolute atomic E-state index is 5.80. The van der Waals surface area contributed by atoms with E-state index in [4.69, 9.17) is 9.47 Å². The van der Waals surface area contributed by atoms with Crippen molar-refractivity contribution in [2.75, 3.05) is 39.5 Å². The Bertz CT molecular complexity index is 1190. The molecule has 11 heteroatoms. The van der Waals surface area contributed by atoms with Crippen molar-refractivity contribution in [2.45, 2.75) is 6.54 Å². The van der Waals surface area contributed by atoms with E-state index in [0.29, 0.717) is 40.6 Å². The van der Waals surface area contributed by atoms with Crippen molar-refractivity contribution in [1.82, 2.24) is 39.8 Å². The third-order valence-corrected chi connectivity index (χ3v) is 5.51. The first-order chi connectivity index (χ1) is 15.7. The first kappa shape index (κ1) is 20.9. The second kappa shape index (κ2) is 9.63. The maximum Gasteiger partial charge on any atom is 0.221 e. The molecule has 1 fully saturated rings. The Balaban J connectivity index is 1.24. The number of morpholine rings is 1. The smallest absolute Gasteiger partial charge is 0.221 e. The Labute approximate surface area is 192 Å². The van der Waals surface area contributed by atoms with Crippen molar-refractivity contribution >= 4 is 27.2 Å². The number of aromatic nitrogens is 7. The number of benzene rings is 1. The SMILES string of the molecule is Brc1cnc2nnn(Cc3cccc(-c4ncc(OCCN5CCOCC5)cn4)c3)c2n1. The van der Waals surface area contributed by atoms with Gasteiger partial charge in [-0.05, 0) is 27.6 Å². The van der Waals surface area contributed by atoms with E-state index < -0.39 is 0 Å². The van der Waals surface area contributed by atoms with E-state index in [9.17, 15) is 0 Å². The lowest BCUT2D eigenvalue weighted by Crippen LogP contribution is -2.38. The van der Waals surface area contributed by atoms with Gasteiger partial charge in [0.2, 0.25) is 5.65 Å². The molecule has 1 aliphatic heterocycles. The standard InChI is InChI=1S/C21H21BrN8O2/c22-18-13-25-20-21(26-18)30(28-27-20)14-15-2-1-3-16(10-15)19-23-11-17(12-24-19)32-9-6-29-4-7-31-8-5-29/h1-3,10-13H,4-9,14H2.